The molecule has 5 aromatic rings. The van der Waals surface area contributed by atoms with Crippen LogP contribution in [0.25, 0.3) is 0 Å². The molecule has 2 aliphatic carbocycles. The summed E-state index contributed by atoms with van der Waals surface area (Å²) in [5, 5.41) is 4.58. The second-order valence-corrected chi connectivity index (χ2v) is 15.7. The minimum Gasteiger partial charge on any atom is -0.475 e. The summed E-state index contributed by atoms with van der Waals surface area (Å²) >= 11 is 0. The second kappa shape index (κ2) is 11.7. The van der Waals surface area contributed by atoms with Crippen molar-refractivity contribution < 1.29 is 4.74 Å². The third kappa shape index (κ3) is 4.76. The van der Waals surface area contributed by atoms with E-state index in [0.29, 0.717) is 6.61 Å². The molecule has 1 spiro atoms. The van der Waals surface area contributed by atoms with Crippen molar-refractivity contribution in [1.82, 2.24) is 0 Å². The molecule has 3 heteroatoms. The van der Waals surface area contributed by atoms with Gasteiger partial charge in [0, 0.05) is 11.0 Å². The third-order valence-electron chi connectivity index (χ3n) is 10.7. The van der Waals surface area contributed by atoms with E-state index in [0.717, 1.165) is 38.0 Å². The van der Waals surface area contributed by atoms with E-state index in [1.165, 1.54) is 60.7 Å². The van der Waals surface area contributed by atoms with Gasteiger partial charge in [-0.25, -0.2) is 4.99 Å². The molecule has 0 aromatic heterocycles. The van der Waals surface area contributed by atoms with Gasteiger partial charge in [0.1, 0.15) is 6.61 Å². The van der Waals surface area contributed by atoms with Gasteiger partial charge in [-0.3, -0.25) is 0 Å². The summed E-state index contributed by atoms with van der Waals surface area (Å²) in [6.45, 7) is 9.90. The molecule has 0 saturated carbocycles. The van der Waals surface area contributed by atoms with E-state index < -0.39 is 7.92 Å². The fourth-order valence-electron chi connectivity index (χ4n) is 8.75. The molecule has 0 amide bonds. The van der Waals surface area contributed by atoms with E-state index >= 15 is 0 Å². The monoisotopic (exact) mass is 619 g/mol. The lowest BCUT2D eigenvalue weighted by molar-refractivity contribution is 0.316. The lowest BCUT2D eigenvalue weighted by Gasteiger charge is -2.34. The van der Waals surface area contributed by atoms with Gasteiger partial charge in [0.25, 0.3) is 0 Å². The van der Waals surface area contributed by atoms with Crippen molar-refractivity contribution in [3.05, 3.63) is 159 Å². The summed E-state index contributed by atoms with van der Waals surface area (Å²) < 4.78 is 6.47. The standard InChI is InChI=1S/C43H42NOP/c1-28-12-8-13-29(2)40(28)46(41-30(3)14-9-15-31(41)4)37-21-11-19-34-23-25-43(39(34)37)24-22-33-18-10-20-36(38(33)43)42-44-35(27-45-42)26-32-16-6-5-7-17-32/h5-21,35H,22-27H2,1-4H3/t35-,43-/m0/s1. The minimum atomic E-state index is -0.781. The Balaban J connectivity index is 1.31. The van der Waals surface area contributed by atoms with Gasteiger partial charge in [-0.1, -0.05) is 97.1 Å². The van der Waals surface area contributed by atoms with Crippen LogP contribution in [-0.2, 0) is 29.4 Å². The maximum Gasteiger partial charge on any atom is 0.216 e. The predicted molar refractivity (Wildman–Crippen MR) is 194 cm³/mol. The molecule has 0 fully saturated rings. The first kappa shape index (κ1) is 29.4. The molecule has 0 radical (unpaired) electrons. The van der Waals surface area contributed by atoms with Gasteiger partial charge in [-0.15, -0.1) is 0 Å². The average molecular weight is 620 g/mol. The van der Waals surface area contributed by atoms with Gasteiger partial charge in [-0.2, -0.15) is 0 Å². The molecule has 230 valence electrons. The van der Waals surface area contributed by atoms with Gasteiger partial charge in [-0.05, 0) is 140 Å². The predicted octanol–water partition coefficient (Wildman–Crippen LogP) is 8.25. The SMILES string of the molecule is Cc1cccc(C)c1P(c1cccc2c1[C@@]1(CCc3cccc(C4=N[C@@H](Cc5ccccc5)CO4)c31)CC2)c1c(C)cccc1C. The van der Waals surface area contributed by atoms with Gasteiger partial charge < -0.3 is 4.74 Å². The fraction of sp³-hybridized carbons (Fsp3) is 0.279. The van der Waals surface area contributed by atoms with E-state index in [9.17, 15) is 0 Å². The first-order chi connectivity index (χ1) is 22.4. The third-order valence-corrected chi connectivity index (χ3v) is 13.9. The highest BCUT2D eigenvalue weighted by Crippen LogP contribution is 2.55. The molecule has 5 aromatic carbocycles. The van der Waals surface area contributed by atoms with Crippen molar-refractivity contribution >= 4 is 29.7 Å². The van der Waals surface area contributed by atoms with Crippen molar-refractivity contribution in [3.8, 4) is 0 Å². The maximum absolute atomic E-state index is 6.47. The highest BCUT2D eigenvalue weighted by Gasteiger charge is 2.49. The Morgan fingerprint density at radius 2 is 1.22 bits per heavy atom. The molecular formula is C43H42NOP. The zero-order valence-corrected chi connectivity index (χ0v) is 28.3. The van der Waals surface area contributed by atoms with Crippen LogP contribution in [-0.4, -0.2) is 18.5 Å². The zero-order valence-electron chi connectivity index (χ0n) is 27.4. The van der Waals surface area contributed by atoms with Crippen molar-refractivity contribution in [3.63, 3.8) is 0 Å². The number of ether oxygens (including phenoxy) is 1. The minimum absolute atomic E-state index is 0.0327. The Kier molecular flexibility index (Phi) is 7.46. The fourth-order valence-corrected chi connectivity index (χ4v) is 12.0. The molecule has 0 saturated heterocycles. The molecule has 0 unspecified atom stereocenters. The van der Waals surface area contributed by atoms with Crippen LogP contribution in [0.3, 0.4) is 0 Å². The highest BCUT2D eigenvalue weighted by molar-refractivity contribution is 7.80. The summed E-state index contributed by atoms with van der Waals surface area (Å²) in [6, 6.07) is 38.7. The Labute approximate surface area is 275 Å². The molecule has 8 rings (SSSR count). The van der Waals surface area contributed by atoms with Gasteiger partial charge in [0.15, 0.2) is 0 Å². The van der Waals surface area contributed by atoms with Crippen LogP contribution in [0, 0.1) is 27.7 Å². The first-order valence-corrected chi connectivity index (χ1v) is 18.2. The molecular weight excluding hydrogens is 577 g/mol. The van der Waals surface area contributed by atoms with Crippen LogP contribution in [0.15, 0.2) is 108 Å². The van der Waals surface area contributed by atoms with Crippen LogP contribution in [0.1, 0.15) is 68.5 Å². The average Bonchev–Trinajstić information content (AvgIpc) is 3.79. The normalized spacial score (nSPS) is 19.8. The van der Waals surface area contributed by atoms with Crippen molar-refractivity contribution in [2.24, 2.45) is 4.99 Å². The lowest BCUT2D eigenvalue weighted by atomic mass is 9.74. The Morgan fingerprint density at radius 1 is 0.652 bits per heavy atom. The van der Waals surface area contributed by atoms with Crippen LogP contribution in [0.4, 0.5) is 0 Å². The molecule has 0 bridgehead atoms. The number of hydrogen-bond donors (Lipinski definition) is 0. The molecule has 2 nitrogen and oxygen atoms in total. The summed E-state index contributed by atoms with van der Waals surface area (Å²) in [7, 11) is -0.781. The quantitative estimate of drug-likeness (QED) is 0.176. The second-order valence-electron chi connectivity index (χ2n) is 13.6. The molecule has 2 atom stereocenters. The van der Waals surface area contributed by atoms with Gasteiger partial charge in [0.05, 0.1) is 6.04 Å². The maximum atomic E-state index is 6.47. The van der Waals surface area contributed by atoms with Crippen LogP contribution < -0.4 is 15.9 Å². The van der Waals surface area contributed by atoms with E-state index in [1.807, 2.05) is 0 Å². The summed E-state index contributed by atoms with van der Waals surface area (Å²) in [5.74, 6) is 0.844. The molecule has 3 aliphatic rings. The Hall–Kier alpha value is -4.00. The van der Waals surface area contributed by atoms with Crippen molar-refractivity contribution in [2.75, 3.05) is 6.61 Å². The van der Waals surface area contributed by atoms with Gasteiger partial charge in [0.2, 0.25) is 5.90 Å². The summed E-state index contributed by atoms with van der Waals surface area (Å²) in [5.41, 5.74) is 14.2. The van der Waals surface area contributed by atoms with E-state index in [1.54, 1.807) is 10.9 Å². The topological polar surface area (TPSA) is 21.6 Å². The van der Waals surface area contributed by atoms with Crippen LogP contribution in [0.2, 0.25) is 0 Å². The summed E-state index contributed by atoms with van der Waals surface area (Å²) in [4.78, 5) is 5.24. The molecule has 46 heavy (non-hydrogen) atoms. The van der Waals surface area contributed by atoms with Crippen LogP contribution in [0.5, 0.6) is 0 Å². The molecule has 1 heterocycles. The largest absolute Gasteiger partial charge is 0.475 e. The molecule has 0 N–H and O–H groups in total. The number of hydrogen-bond acceptors (Lipinski definition) is 2. The van der Waals surface area contributed by atoms with Crippen LogP contribution >= 0.6 is 7.92 Å². The van der Waals surface area contributed by atoms with Crippen molar-refractivity contribution in [2.45, 2.75) is 71.3 Å². The Morgan fingerprint density at radius 3 is 1.85 bits per heavy atom. The smallest absolute Gasteiger partial charge is 0.216 e. The van der Waals surface area contributed by atoms with E-state index in [-0.39, 0.29) is 11.5 Å². The number of benzene rings is 5. The Bertz CT molecular complexity index is 1900. The summed E-state index contributed by atoms with van der Waals surface area (Å²) in [6.07, 6.45) is 5.42. The van der Waals surface area contributed by atoms with E-state index in [2.05, 4.69) is 131 Å². The first-order valence-electron chi connectivity index (χ1n) is 16.9. The number of fused-ring (bicyclic) bond motifs is 4. The van der Waals surface area contributed by atoms with Gasteiger partial charge >= 0.3 is 0 Å². The lowest BCUT2D eigenvalue weighted by Crippen LogP contribution is -2.34. The highest BCUT2D eigenvalue weighted by atomic mass is 31.1. The molecule has 1 aliphatic heterocycles. The zero-order chi connectivity index (χ0) is 31.4. The number of nitrogens with zero attached hydrogens (tertiary/aromatic N) is 1. The van der Waals surface area contributed by atoms with Crippen molar-refractivity contribution in [1.29, 1.82) is 0 Å². The number of aryl methyl sites for hydroxylation is 6. The van der Waals surface area contributed by atoms with E-state index in [4.69, 9.17) is 9.73 Å². The number of aliphatic imine (C=N–C) groups is 1. The number of rotatable bonds is 6.